The zero-order valence-corrected chi connectivity index (χ0v) is 17.6. The highest BCUT2D eigenvalue weighted by Crippen LogP contribution is 2.17. The smallest absolute Gasteiger partial charge is 0.225 e. The van der Waals surface area contributed by atoms with Crippen molar-refractivity contribution in [1.29, 1.82) is 0 Å². The van der Waals surface area contributed by atoms with Crippen LogP contribution in [0.1, 0.15) is 16.7 Å². The van der Waals surface area contributed by atoms with E-state index >= 15 is 0 Å². The molecule has 148 valence electrons. The van der Waals surface area contributed by atoms with Gasteiger partial charge in [0.05, 0.1) is 24.6 Å². The lowest BCUT2D eigenvalue weighted by molar-refractivity contribution is -0.917. The molecule has 0 spiro atoms. The third-order valence-electron chi connectivity index (χ3n) is 4.87. The van der Waals surface area contributed by atoms with Crippen molar-refractivity contribution in [2.24, 2.45) is 0 Å². The summed E-state index contributed by atoms with van der Waals surface area (Å²) < 4.78 is 6.02. The first-order valence-electron chi connectivity index (χ1n) is 9.52. The molecule has 0 aliphatic rings. The van der Waals surface area contributed by atoms with Crippen LogP contribution in [0.25, 0.3) is 11.4 Å². The lowest BCUT2D eigenvalue weighted by atomic mass is 10.1. The number of tetrazole rings is 1. The first-order valence-corrected chi connectivity index (χ1v) is 9.93. The van der Waals surface area contributed by atoms with Gasteiger partial charge in [0.25, 0.3) is 0 Å². The number of rotatable bonds is 6. The Morgan fingerprint density at radius 3 is 2.41 bits per heavy atom. The molecule has 2 heterocycles. The molecule has 0 aliphatic heterocycles. The molecule has 7 nitrogen and oxygen atoms in total. The van der Waals surface area contributed by atoms with Gasteiger partial charge in [-0.15, -0.1) is 0 Å². The molecule has 0 saturated carbocycles. The maximum absolute atomic E-state index is 5.65. The van der Waals surface area contributed by atoms with Crippen LogP contribution in [-0.4, -0.2) is 36.6 Å². The fraction of sp³-hybridized carbons (Fsp3) is 0.238. The molecule has 4 rings (SSSR count). The molecule has 1 atom stereocenters. The number of hydrogen-bond acceptors (Lipinski definition) is 4. The predicted octanol–water partition coefficient (Wildman–Crippen LogP) is 2.27. The molecule has 4 aromatic rings. The van der Waals surface area contributed by atoms with E-state index in [0.717, 1.165) is 34.6 Å². The third kappa shape index (κ3) is 4.03. The maximum Gasteiger partial charge on any atom is 0.225 e. The average molecular weight is 407 g/mol. The summed E-state index contributed by atoms with van der Waals surface area (Å²) in [6.07, 6.45) is 3.97. The molecule has 1 N–H and O–H groups in total. The summed E-state index contributed by atoms with van der Waals surface area (Å²) in [5.41, 5.74) is 5.46. The first-order chi connectivity index (χ1) is 14.0. The van der Waals surface area contributed by atoms with Crippen LogP contribution in [0.5, 0.6) is 0 Å². The van der Waals surface area contributed by atoms with E-state index in [1.165, 1.54) is 4.90 Å². The highest BCUT2D eigenvalue weighted by Gasteiger charge is 2.14. The number of hydrogen-bond donors (Lipinski definition) is 1. The Kier molecular flexibility index (Phi) is 5.37. The van der Waals surface area contributed by atoms with Gasteiger partial charge >= 0.3 is 0 Å². The minimum atomic E-state index is 0.599. The van der Waals surface area contributed by atoms with Crippen LogP contribution in [-0.2, 0) is 13.2 Å². The van der Waals surface area contributed by atoms with Gasteiger partial charge < -0.3 is 4.90 Å². The highest BCUT2D eigenvalue weighted by molar-refractivity contribution is 7.71. The van der Waals surface area contributed by atoms with Crippen molar-refractivity contribution in [3.05, 3.63) is 82.4 Å². The summed E-state index contributed by atoms with van der Waals surface area (Å²) in [4.78, 5) is 1.24. The van der Waals surface area contributed by atoms with Crippen molar-refractivity contribution >= 4 is 12.2 Å². The third-order valence-corrected chi connectivity index (χ3v) is 5.26. The lowest BCUT2D eigenvalue weighted by Gasteiger charge is -2.12. The monoisotopic (exact) mass is 406 g/mol. The second kappa shape index (κ2) is 8.10. The van der Waals surface area contributed by atoms with E-state index in [-0.39, 0.29) is 0 Å². The van der Waals surface area contributed by atoms with Gasteiger partial charge in [-0.3, -0.25) is 0 Å². The van der Waals surface area contributed by atoms with E-state index in [4.69, 9.17) is 12.2 Å². The molecule has 0 aliphatic carbocycles. The second-order valence-electron chi connectivity index (χ2n) is 7.33. The number of aryl methyl sites for hydroxylation is 2. The summed E-state index contributed by atoms with van der Waals surface area (Å²) in [6, 6.07) is 16.3. The van der Waals surface area contributed by atoms with Gasteiger partial charge in [0.1, 0.15) is 6.54 Å². The number of aromatic nitrogens is 6. The Labute approximate surface area is 174 Å². The molecule has 0 bridgehead atoms. The van der Waals surface area contributed by atoms with Crippen molar-refractivity contribution < 1.29 is 4.90 Å². The molecule has 0 radical (unpaired) electrons. The Morgan fingerprint density at radius 2 is 1.69 bits per heavy atom. The minimum absolute atomic E-state index is 0.599. The molecule has 2 aromatic carbocycles. The van der Waals surface area contributed by atoms with Crippen molar-refractivity contribution in [2.75, 3.05) is 7.05 Å². The molecule has 8 heteroatoms. The van der Waals surface area contributed by atoms with E-state index in [9.17, 15) is 0 Å². The molecule has 29 heavy (non-hydrogen) atoms. The number of benzene rings is 2. The molecule has 0 saturated heterocycles. The summed E-state index contributed by atoms with van der Waals surface area (Å²) >= 11 is 5.65. The van der Waals surface area contributed by atoms with Crippen molar-refractivity contribution in [3.8, 4) is 11.4 Å². The van der Waals surface area contributed by atoms with E-state index in [2.05, 4.69) is 54.8 Å². The van der Waals surface area contributed by atoms with Gasteiger partial charge in [-0.05, 0) is 59.8 Å². The maximum atomic E-state index is 5.65. The topological polar surface area (TPSA) is 57.9 Å². The highest BCUT2D eigenvalue weighted by atomic mass is 32.1. The van der Waals surface area contributed by atoms with E-state index in [0.29, 0.717) is 11.4 Å². The van der Waals surface area contributed by atoms with Crippen LogP contribution in [0, 0.1) is 18.6 Å². The van der Waals surface area contributed by atoms with E-state index < -0.39 is 0 Å². The quantitative estimate of drug-likeness (QED) is 0.499. The Morgan fingerprint density at radius 1 is 0.966 bits per heavy atom. The Balaban J connectivity index is 1.49. The van der Waals surface area contributed by atoms with E-state index in [1.807, 2.05) is 47.3 Å². The summed E-state index contributed by atoms with van der Waals surface area (Å²) in [5.74, 6) is 0. The van der Waals surface area contributed by atoms with Gasteiger partial charge in [-0.2, -0.15) is 14.5 Å². The minimum Gasteiger partial charge on any atom is -0.315 e. The average Bonchev–Trinajstić information content (AvgIpc) is 3.31. The van der Waals surface area contributed by atoms with Crippen LogP contribution < -0.4 is 4.90 Å². The summed E-state index contributed by atoms with van der Waals surface area (Å²) in [7, 11) is 2.11. The van der Waals surface area contributed by atoms with Crippen molar-refractivity contribution in [2.45, 2.75) is 27.1 Å². The Hall–Kier alpha value is -3.10. The van der Waals surface area contributed by atoms with Crippen LogP contribution in [0.3, 0.4) is 0 Å². The van der Waals surface area contributed by atoms with E-state index in [1.54, 1.807) is 9.36 Å². The fourth-order valence-corrected chi connectivity index (χ4v) is 3.72. The normalized spacial score (nSPS) is 12.2. The summed E-state index contributed by atoms with van der Waals surface area (Å²) in [5, 5.41) is 13.1. The fourth-order valence-electron chi connectivity index (χ4n) is 3.49. The van der Waals surface area contributed by atoms with Gasteiger partial charge in [0, 0.05) is 11.8 Å². The lowest BCUT2D eigenvalue weighted by Crippen LogP contribution is -3.07. The first kappa shape index (κ1) is 19.2. The zero-order valence-electron chi connectivity index (χ0n) is 16.8. The van der Waals surface area contributed by atoms with Gasteiger partial charge in [-0.25, -0.2) is 4.68 Å². The van der Waals surface area contributed by atoms with Crippen molar-refractivity contribution in [1.82, 2.24) is 29.6 Å². The number of nitrogens with zero attached hydrogens (tertiary/aromatic N) is 6. The molecule has 1 unspecified atom stereocenters. The predicted molar refractivity (Wildman–Crippen MR) is 114 cm³/mol. The van der Waals surface area contributed by atoms with Crippen LogP contribution in [0.15, 0.2) is 60.9 Å². The van der Waals surface area contributed by atoms with Gasteiger partial charge in [0.2, 0.25) is 4.77 Å². The molecular weight excluding hydrogens is 382 g/mol. The Bertz CT molecular complexity index is 1150. The van der Waals surface area contributed by atoms with Gasteiger partial charge in [-0.1, -0.05) is 36.4 Å². The van der Waals surface area contributed by atoms with Crippen LogP contribution >= 0.6 is 12.2 Å². The molecular formula is C21H24N7S+. The molecule has 0 fully saturated rings. The number of para-hydroxylation sites is 2. The van der Waals surface area contributed by atoms with Crippen LogP contribution in [0.2, 0.25) is 0 Å². The summed E-state index contributed by atoms with van der Waals surface area (Å²) in [6.45, 7) is 5.56. The van der Waals surface area contributed by atoms with Crippen molar-refractivity contribution in [3.63, 3.8) is 0 Å². The number of quaternary nitrogens is 1. The SMILES string of the molecule is Cc1cccc(C)c1-n1nnn(C[NH+](C)Cc2cnn(-c3ccccc3)c2)c1=S. The second-order valence-corrected chi connectivity index (χ2v) is 7.70. The zero-order chi connectivity index (χ0) is 20.4. The standard InChI is InChI=1S/C21H23N7S/c1-16-8-7-9-17(2)20(16)28-21(29)27(23-24-28)15-25(3)13-18-12-22-26(14-18)19-10-5-4-6-11-19/h4-12,14H,13,15H2,1-3H3/p+1. The van der Waals surface area contributed by atoms with Crippen LogP contribution in [0.4, 0.5) is 0 Å². The molecule has 0 amide bonds. The van der Waals surface area contributed by atoms with Gasteiger partial charge in [0.15, 0.2) is 6.67 Å². The largest absolute Gasteiger partial charge is 0.315 e. The molecule has 2 aromatic heterocycles. The number of nitrogens with one attached hydrogen (secondary N) is 1.